The normalized spacial score (nSPS) is 12.8. The second kappa shape index (κ2) is 5.25. The van der Waals surface area contributed by atoms with Crippen molar-refractivity contribution in [2.75, 3.05) is 5.75 Å². The summed E-state index contributed by atoms with van der Waals surface area (Å²) in [7, 11) is 0. The van der Waals surface area contributed by atoms with E-state index < -0.39 is 0 Å². The highest BCUT2D eigenvalue weighted by Gasteiger charge is 1.97. The van der Waals surface area contributed by atoms with E-state index in [2.05, 4.69) is 11.1 Å². The van der Waals surface area contributed by atoms with Crippen LogP contribution in [0, 0.1) is 6.92 Å². The highest BCUT2D eigenvalue weighted by molar-refractivity contribution is 7.98. The highest BCUT2D eigenvalue weighted by atomic mass is 32.2. The van der Waals surface area contributed by atoms with Crippen molar-refractivity contribution >= 4 is 11.8 Å². The van der Waals surface area contributed by atoms with Gasteiger partial charge in [-0.2, -0.15) is 11.8 Å². The van der Waals surface area contributed by atoms with E-state index in [4.69, 9.17) is 5.73 Å². The van der Waals surface area contributed by atoms with Crippen LogP contribution in [0.4, 0.5) is 0 Å². The number of hydrogen-bond acceptors (Lipinski definition) is 3. The molecule has 3 heteroatoms. The Kier molecular flexibility index (Phi) is 4.25. The first-order valence-electron chi connectivity index (χ1n) is 4.44. The molecule has 0 saturated heterocycles. The van der Waals surface area contributed by atoms with Crippen LogP contribution in [0.25, 0.3) is 0 Å². The Bertz CT molecular complexity index is 261. The Hall–Kier alpha value is -0.540. The average molecular weight is 196 g/mol. The lowest BCUT2D eigenvalue weighted by molar-refractivity contribution is 0.846. The van der Waals surface area contributed by atoms with E-state index in [1.54, 1.807) is 0 Å². The fourth-order valence-electron chi connectivity index (χ4n) is 1.03. The first kappa shape index (κ1) is 10.5. The number of aromatic nitrogens is 1. The molecule has 0 aromatic carbocycles. The van der Waals surface area contributed by atoms with Crippen LogP contribution in [0.1, 0.15) is 18.3 Å². The Morgan fingerprint density at radius 2 is 2.31 bits per heavy atom. The molecule has 1 rings (SSSR count). The van der Waals surface area contributed by atoms with Gasteiger partial charge in [-0.05, 0) is 26.0 Å². The van der Waals surface area contributed by atoms with Gasteiger partial charge in [-0.15, -0.1) is 0 Å². The molecule has 0 saturated carbocycles. The minimum Gasteiger partial charge on any atom is -0.327 e. The van der Waals surface area contributed by atoms with Gasteiger partial charge in [0, 0.05) is 23.2 Å². The van der Waals surface area contributed by atoms with E-state index in [0.717, 1.165) is 22.9 Å². The van der Waals surface area contributed by atoms with Gasteiger partial charge < -0.3 is 5.73 Å². The van der Waals surface area contributed by atoms with E-state index in [9.17, 15) is 0 Å². The van der Waals surface area contributed by atoms with Crippen LogP contribution in [0.3, 0.4) is 0 Å². The van der Waals surface area contributed by atoms with Crippen molar-refractivity contribution in [3.63, 3.8) is 0 Å². The summed E-state index contributed by atoms with van der Waals surface area (Å²) in [5.41, 5.74) is 7.87. The van der Waals surface area contributed by atoms with E-state index >= 15 is 0 Å². The van der Waals surface area contributed by atoms with Crippen LogP contribution in [0.5, 0.6) is 0 Å². The number of pyridine rings is 1. The lowest BCUT2D eigenvalue weighted by atomic mass is 10.3. The van der Waals surface area contributed by atoms with Crippen LogP contribution in [-0.4, -0.2) is 16.8 Å². The maximum absolute atomic E-state index is 5.65. The lowest BCUT2D eigenvalue weighted by Crippen LogP contribution is -2.17. The van der Waals surface area contributed by atoms with Crippen molar-refractivity contribution in [2.45, 2.75) is 25.6 Å². The van der Waals surface area contributed by atoms with E-state index in [1.807, 2.05) is 37.7 Å². The van der Waals surface area contributed by atoms with Crippen molar-refractivity contribution < 1.29 is 0 Å². The minimum absolute atomic E-state index is 0.273. The molecule has 0 amide bonds. The number of rotatable bonds is 4. The molecule has 1 heterocycles. The van der Waals surface area contributed by atoms with Crippen LogP contribution in [0.2, 0.25) is 0 Å². The molecule has 2 N–H and O–H groups in total. The predicted octanol–water partition coefficient (Wildman–Crippen LogP) is 1.97. The largest absolute Gasteiger partial charge is 0.327 e. The summed E-state index contributed by atoms with van der Waals surface area (Å²) < 4.78 is 0. The quantitative estimate of drug-likeness (QED) is 0.800. The molecule has 1 atom stereocenters. The zero-order valence-corrected chi connectivity index (χ0v) is 8.97. The molecular formula is C10H16N2S. The van der Waals surface area contributed by atoms with Gasteiger partial charge in [0.15, 0.2) is 0 Å². The van der Waals surface area contributed by atoms with Gasteiger partial charge in [0.25, 0.3) is 0 Å². The molecule has 0 radical (unpaired) electrons. The van der Waals surface area contributed by atoms with Gasteiger partial charge in [0.1, 0.15) is 0 Å². The summed E-state index contributed by atoms with van der Waals surface area (Å²) in [4.78, 5) is 4.41. The van der Waals surface area contributed by atoms with E-state index in [0.29, 0.717) is 0 Å². The molecule has 72 valence electrons. The zero-order chi connectivity index (χ0) is 9.68. The smallest absolute Gasteiger partial charge is 0.0505 e. The van der Waals surface area contributed by atoms with Crippen molar-refractivity contribution in [2.24, 2.45) is 5.73 Å². The second-order valence-electron chi connectivity index (χ2n) is 3.26. The van der Waals surface area contributed by atoms with Crippen LogP contribution < -0.4 is 5.73 Å². The van der Waals surface area contributed by atoms with E-state index in [-0.39, 0.29) is 6.04 Å². The van der Waals surface area contributed by atoms with Crippen molar-refractivity contribution in [1.82, 2.24) is 4.98 Å². The van der Waals surface area contributed by atoms with Crippen molar-refractivity contribution in [3.8, 4) is 0 Å². The maximum Gasteiger partial charge on any atom is 0.0505 e. The number of aryl methyl sites for hydroxylation is 1. The maximum atomic E-state index is 5.65. The van der Waals surface area contributed by atoms with Crippen molar-refractivity contribution in [1.29, 1.82) is 0 Å². The number of nitrogens with two attached hydrogens (primary N) is 1. The predicted molar refractivity (Wildman–Crippen MR) is 58.8 cm³/mol. The zero-order valence-electron chi connectivity index (χ0n) is 8.16. The number of thioether (sulfide) groups is 1. The van der Waals surface area contributed by atoms with Crippen molar-refractivity contribution in [3.05, 3.63) is 29.6 Å². The van der Waals surface area contributed by atoms with Gasteiger partial charge in [-0.25, -0.2) is 0 Å². The van der Waals surface area contributed by atoms with Gasteiger partial charge in [0.2, 0.25) is 0 Å². The summed E-state index contributed by atoms with van der Waals surface area (Å²) in [6.45, 7) is 4.04. The Labute approximate surface area is 83.9 Å². The van der Waals surface area contributed by atoms with Gasteiger partial charge in [-0.1, -0.05) is 6.07 Å². The molecule has 1 aromatic rings. The molecule has 0 aliphatic heterocycles. The standard InChI is InChI=1S/C10H16N2S/c1-8(11)6-13-7-10-5-3-4-9(2)12-10/h3-5,8H,6-7,11H2,1-2H3. The molecule has 2 nitrogen and oxygen atoms in total. The van der Waals surface area contributed by atoms with Crippen LogP contribution in [-0.2, 0) is 5.75 Å². The third-order valence-corrected chi connectivity index (χ3v) is 2.84. The van der Waals surface area contributed by atoms with E-state index in [1.165, 1.54) is 0 Å². The Morgan fingerprint density at radius 3 is 2.92 bits per heavy atom. The molecular weight excluding hydrogens is 180 g/mol. The monoisotopic (exact) mass is 196 g/mol. The fourth-order valence-corrected chi connectivity index (χ4v) is 1.89. The summed E-state index contributed by atoms with van der Waals surface area (Å²) >= 11 is 1.84. The second-order valence-corrected chi connectivity index (χ2v) is 4.29. The summed E-state index contributed by atoms with van der Waals surface area (Å²) in [5, 5.41) is 0. The number of nitrogens with zero attached hydrogens (tertiary/aromatic N) is 1. The molecule has 13 heavy (non-hydrogen) atoms. The topological polar surface area (TPSA) is 38.9 Å². The first-order valence-corrected chi connectivity index (χ1v) is 5.60. The summed E-state index contributed by atoms with van der Waals surface area (Å²) in [5.74, 6) is 1.96. The Morgan fingerprint density at radius 1 is 1.54 bits per heavy atom. The minimum atomic E-state index is 0.273. The highest BCUT2D eigenvalue weighted by Crippen LogP contribution is 2.10. The average Bonchev–Trinajstić information content (AvgIpc) is 2.03. The summed E-state index contributed by atoms with van der Waals surface area (Å²) in [6, 6.07) is 6.39. The molecule has 0 spiro atoms. The molecule has 0 aliphatic rings. The molecule has 0 aliphatic carbocycles. The van der Waals surface area contributed by atoms with Gasteiger partial charge in [-0.3, -0.25) is 4.98 Å². The Balaban J connectivity index is 2.37. The first-order chi connectivity index (χ1) is 6.18. The molecule has 0 bridgehead atoms. The summed E-state index contributed by atoms with van der Waals surface area (Å²) in [6.07, 6.45) is 0. The van der Waals surface area contributed by atoms with Crippen LogP contribution >= 0.6 is 11.8 Å². The molecule has 1 aromatic heterocycles. The third-order valence-electron chi connectivity index (χ3n) is 1.58. The third kappa shape index (κ3) is 4.29. The number of hydrogen-bond donors (Lipinski definition) is 1. The molecule has 0 fully saturated rings. The fraction of sp³-hybridized carbons (Fsp3) is 0.500. The molecule has 1 unspecified atom stereocenters. The lowest BCUT2D eigenvalue weighted by Gasteiger charge is -2.04. The van der Waals surface area contributed by atoms with Gasteiger partial charge >= 0.3 is 0 Å². The van der Waals surface area contributed by atoms with Gasteiger partial charge in [0.05, 0.1) is 5.69 Å². The van der Waals surface area contributed by atoms with Crippen LogP contribution in [0.15, 0.2) is 18.2 Å². The SMILES string of the molecule is Cc1cccc(CSCC(C)N)n1.